The van der Waals surface area contributed by atoms with E-state index in [1.165, 1.54) is 0 Å². The molecular formula is C18H23N5O2. The summed E-state index contributed by atoms with van der Waals surface area (Å²) in [6.45, 7) is 2.27. The molecule has 0 aliphatic carbocycles. The number of rotatable bonds is 4. The molecule has 2 aromatic rings. The summed E-state index contributed by atoms with van der Waals surface area (Å²) in [4.78, 5) is 28.8. The molecule has 1 aromatic heterocycles. The molecule has 1 unspecified atom stereocenters. The molecule has 2 amide bonds. The van der Waals surface area contributed by atoms with Crippen molar-refractivity contribution in [1.82, 2.24) is 24.9 Å². The van der Waals surface area contributed by atoms with Crippen LogP contribution in [-0.4, -0.2) is 64.1 Å². The summed E-state index contributed by atoms with van der Waals surface area (Å²) in [7, 11) is 3.41. The number of likely N-dealkylation sites (N-methyl/N-ethyl adjacent to an activating group) is 1. The van der Waals surface area contributed by atoms with Gasteiger partial charge in [0, 0.05) is 46.5 Å². The Balaban J connectivity index is 1.74. The number of amides is 2. The van der Waals surface area contributed by atoms with E-state index in [9.17, 15) is 9.59 Å². The van der Waals surface area contributed by atoms with Crippen molar-refractivity contribution < 1.29 is 9.59 Å². The van der Waals surface area contributed by atoms with E-state index in [-0.39, 0.29) is 17.9 Å². The van der Waals surface area contributed by atoms with E-state index in [4.69, 9.17) is 0 Å². The summed E-state index contributed by atoms with van der Waals surface area (Å²) in [6, 6.07) is 11.4. The summed E-state index contributed by atoms with van der Waals surface area (Å²) in [6.07, 6.45) is 1.75. The van der Waals surface area contributed by atoms with Gasteiger partial charge in [-0.3, -0.25) is 19.2 Å². The largest absolute Gasteiger partial charge is 0.358 e. The Labute approximate surface area is 147 Å². The molecule has 1 N–H and O–H groups in total. The molecule has 3 rings (SSSR count). The number of nitrogens with one attached hydrogen (secondary N) is 1. The third-order valence-electron chi connectivity index (χ3n) is 4.49. The van der Waals surface area contributed by atoms with Crippen molar-refractivity contribution in [3.8, 4) is 0 Å². The van der Waals surface area contributed by atoms with Crippen LogP contribution >= 0.6 is 0 Å². The monoisotopic (exact) mass is 341 g/mol. The molecular weight excluding hydrogens is 318 g/mol. The van der Waals surface area contributed by atoms with Crippen LogP contribution < -0.4 is 5.32 Å². The second kappa shape index (κ2) is 7.48. The molecule has 1 saturated heterocycles. The molecule has 132 valence electrons. The summed E-state index contributed by atoms with van der Waals surface area (Å²) >= 11 is 0. The standard InChI is InChI=1S/C18H23N5O2/c1-19-17(24)16-13-23(18(25)15-8-9-21(2)20-15)11-10-22(16)12-14-6-4-3-5-7-14/h3-9,16H,10-13H2,1-2H3,(H,19,24). The fraction of sp³-hybridized carbons (Fsp3) is 0.389. The molecule has 1 atom stereocenters. The zero-order valence-electron chi connectivity index (χ0n) is 14.6. The summed E-state index contributed by atoms with van der Waals surface area (Å²) in [5, 5.41) is 6.89. The molecule has 25 heavy (non-hydrogen) atoms. The average Bonchev–Trinajstić information content (AvgIpc) is 3.08. The van der Waals surface area contributed by atoms with Gasteiger partial charge in [-0.25, -0.2) is 0 Å². The fourth-order valence-corrected chi connectivity index (χ4v) is 3.12. The maximum Gasteiger partial charge on any atom is 0.274 e. The Bertz CT molecular complexity index is 743. The minimum absolute atomic E-state index is 0.0746. The van der Waals surface area contributed by atoms with Gasteiger partial charge in [0.05, 0.1) is 0 Å². The second-order valence-corrected chi connectivity index (χ2v) is 6.21. The van der Waals surface area contributed by atoms with E-state index in [2.05, 4.69) is 15.3 Å². The molecule has 0 spiro atoms. The molecule has 0 saturated carbocycles. The average molecular weight is 341 g/mol. The summed E-state index contributed by atoms with van der Waals surface area (Å²) in [5.41, 5.74) is 1.57. The SMILES string of the molecule is CNC(=O)C1CN(C(=O)c2ccn(C)n2)CCN1Cc1ccccc1. The van der Waals surface area contributed by atoms with E-state index in [0.717, 1.165) is 5.56 Å². The van der Waals surface area contributed by atoms with Gasteiger partial charge in [0.1, 0.15) is 11.7 Å². The van der Waals surface area contributed by atoms with Gasteiger partial charge in [-0.1, -0.05) is 30.3 Å². The predicted molar refractivity (Wildman–Crippen MR) is 93.8 cm³/mol. The van der Waals surface area contributed by atoms with Gasteiger partial charge in [0.25, 0.3) is 5.91 Å². The van der Waals surface area contributed by atoms with Crippen LogP contribution in [0, 0.1) is 0 Å². The lowest BCUT2D eigenvalue weighted by molar-refractivity contribution is -0.128. The lowest BCUT2D eigenvalue weighted by Gasteiger charge is -2.40. The Morgan fingerprint density at radius 1 is 1.20 bits per heavy atom. The zero-order chi connectivity index (χ0) is 17.8. The van der Waals surface area contributed by atoms with Crippen molar-refractivity contribution in [2.45, 2.75) is 12.6 Å². The van der Waals surface area contributed by atoms with E-state index in [0.29, 0.717) is 31.9 Å². The highest BCUT2D eigenvalue weighted by atomic mass is 16.2. The molecule has 1 fully saturated rings. The molecule has 1 aliphatic rings. The van der Waals surface area contributed by atoms with Gasteiger partial charge in [-0.15, -0.1) is 0 Å². The predicted octanol–water partition coefficient (Wildman–Crippen LogP) is 0.493. The normalized spacial score (nSPS) is 18.2. The number of benzene rings is 1. The second-order valence-electron chi connectivity index (χ2n) is 6.21. The lowest BCUT2D eigenvalue weighted by Crippen LogP contribution is -2.59. The summed E-state index contributed by atoms with van der Waals surface area (Å²) < 4.78 is 1.61. The van der Waals surface area contributed by atoms with Crippen LogP contribution in [0.5, 0.6) is 0 Å². The molecule has 1 aromatic carbocycles. The van der Waals surface area contributed by atoms with Crippen LogP contribution in [0.25, 0.3) is 0 Å². The van der Waals surface area contributed by atoms with Crippen molar-refractivity contribution in [1.29, 1.82) is 0 Å². The van der Waals surface area contributed by atoms with Crippen molar-refractivity contribution in [2.75, 3.05) is 26.7 Å². The molecule has 7 nitrogen and oxygen atoms in total. The first-order valence-corrected chi connectivity index (χ1v) is 8.37. The Morgan fingerprint density at radius 3 is 2.60 bits per heavy atom. The smallest absolute Gasteiger partial charge is 0.274 e. The first kappa shape index (κ1) is 17.2. The number of nitrogens with zero attached hydrogens (tertiary/aromatic N) is 4. The highest BCUT2D eigenvalue weighted by molar-refractivity contribution is 5.93. The van der Waals surface area contributed by atoms with Crippen LogP contribution in [0.1, 0.15) is 16.1 Å². The topological polar surface area (TPSA) is 70.5 Å². The van der Waals surface area contributed by atoms with Gasteiger partial charge in [0.2, 0.25) is 5.91 Å². The van der Waals surface area contributed by atoms with Gasteiger partial charge in [-0.2, -0.15) is 5.10 Å². The lowest BCUT2D eigenvalue weighted by atomic mass is 10.1. The van der Waals surface area contributed by atoms with Gasteiger partial charge < -0.3 is 10.2 Å². The summed E-state index contributed by atoms with van der Waals surface area (Å²) in [5.74, 6) is -0.205. The third-order valence-corrected chi connectivity index (χ3v) is 4.49. The number of hydrogen-bond donors (Lipinski definition) is 1. The van der Waals surface area contributed by atoms with Crippen molar-refractivity contribution in [3.63, 3.8) is 0 Å². The number of carbonyl (C=O) groups is 2. The van der Waals surface area contributed by atoms with Crippen LogP contribution in [0.3, 0.4) is 0 Å². The zero-order valence-corrected chi connectivity index (χ0v) is 14.6. The van der Waals surface area contributed by atoms with E-state index in [1.807, 2.05) is 30.3 Å². The Hall–Kier alpha value is -2.67. The quantitative estimate of drug-likeness (QED) is 0.879. The third kappa shape index (κ3) is 3.88. The van der Waals surface area contributed by atoms with Crippen LogP contribution in [-0.2, 0) is 18.4 Å². The van der Waals surface area contributed by atoms with Gasteiger partial charge >= 0.3 is 0 Å². The van der Waals surface area contributed by atoms with Crippen molar-refractivity contribution in [3.05, 3.63) is 53.9 Å². The highest BCUT2D eigenvalue weighted by Crippen LogP contribution is 2.16. The Kier molecular flexibility index (Phi) is 5.14. The Morgan fingerprint density at radius 2 is 1.96 bits per heavy atom. The minimum atomic E-state index is -0.369. The minimum Gasteiger partial charge on any atom is -0.358 e. The van der Waals surface area contributed by atoms with E-state index < -0.39 is 0 Å². The van der Waals surface area contributed by atoms with E-state index in [1.54, 1.807) is 35.9 Å². The molecule has 1 aliphatic heterocycles. The van der Waals surface area contributed by atoms with Crippen LogP contribution in [0.2, 0.25) is 0 Å². The highest BCUT2D eigenvalue weighted by Gasteiger charge is 2.34. The number of carbonyl (C=O) groups excluding carboxylic acids is 2. The number of aryl methyl sites for hydroxylation is 1. The maximum atomic E-state index is 12.6. The van der Waals surface area contributed by atoms with Crippen LogP contribution in [0.15, 0.2) is 42.6 Å². The molecule has 0 bridgehead atoms. The van der Waals surface area contributed by atoms with Crippen molar-refractivity contribution >= 4 is 11.8 Å². The molecule has 0 radical (unpaired) electrons. The first-order valence-electron chi connectivity index (χ1n) is 8.37. The molecule has 2 heterocycles. The number of piperazine rings is 1. The number of hydrogen-bond acceptors (Lipinski definition) is 4. The number of aromatic nitrogens is 2. The van der Waals surface area contributed by atoms with Crippen LogP contribution in [0.4, 0.5) is 0 Å². The maximum absolute atomic E-state index is 12.6. The first-order chi connectivity index (χ1) is 12.1. The van der Waals surface area contributed by atoms with E-state index >= 15 is 0 Å². The van der Waals surface area contributed by atoms with Crippen molar-refractivity contribution in [2.24, 2.45) is 7.05 Å². The van der Waals surface area contributed by atoms with Gasteiger partial charge in [0.15, 0.2) is 0 Å². The molecule has 7 heteroatoms. The van der Waals surface area contributed by atoms with Gasteiger partial charge in [-0.05, 0) is 11.6 Å². The fourth-order valence-electron chi connectivity index (χ4n) is 3.12.